The summed E-state index contributed by atoms with van der Waals surface area (Å²) in [6, 6.07) is 33.6. The van der Waals surface area contributed by atoms with Gasteiger partial charge in [0.15, 0.2) is 0 Å². The maximum Gasteiger partial charge on any atom is 0.0649 e. The van der Waals surface area contributed by atoms with E-state index in [1.165, 1.54) is 80.7 Å². The van der Waals surface area contributed by atoms with Crippen LogP contribution >= 0.6 is 11.3 Å². The summed E-state index contributed by atoms with van der Waals surface area (Å²) in [5.41, 5.74) is 8.95. The van der Waals surface area contributed by atoms with E-state index in [9.17, 15) is 0 Å². The number of nitrogens with zero attached hydrogens (tertiary/aromatic N) is 2. The Morgan fingerprint density at radius 2 is 1.59 bits per heavy atom. The molecule has 2 aromatic heterocycles. The molecule has 2 nitrogen and oxygen atoms in total. The third-order valence-electron chi connectivity index (χ3n) is 12.0. The molecule has 2 heterocycles. The largest absolute Gasteiger partial charge is 0.309 e. The second-order valence-electron chi connectivity index (χ2n) is 15.5. The van der Waals surface area contributed by atoms with Gasteiger partial charge < -0.3 is 4.57 Å². The predicted molar refractivity (Wildman–Crippen MR) is 236 cm³/mol. The Balaban J connectivity index is 1.12. The summed E-state index contributed by atoms with van der Waals surface area (Å²) >= 11 is 1.99. The molecule has 5 aromatic carbocycles. The van der Waals surface area contributed by atoms with E-state index in [0.717, 1.165) is 25.0 Å². The van der Waals surface area contributed by atoms with E-state index in [0.29, 0.717) is 17.8 Å². The number of aliphatic imine (C=N–C) groups is 1. The molecular weight excluding hydrogens is 673 g/mol. The van der Waals surface area contributed by atoms with Crippen molar-refractivity contribution in [3.63, 3.8) is 0 Å². The maximum absolute atomic E-state index is 5.45. The van der Waals surface area contributed by atoms with Gasteiger partial charge in [0.25, 0.3) is 0 Å². The minimum atomic E-state index is 0.121. The summed E-state index contributed by atoms with van der Waals surface area (Å²) < 4.78 is 4.00. The number of aromatic nitrogens is 1. The van der Waals surface area contributed by atoms with Crippen LogP contribution in [0.2, 0.25) is 0 Å². The van der Waals surface area contributed by atoms with Crippen LogP contribution < -0.4 is 0 Å². The molecule has 0 saturated heterocycles. The Morgan fingerprint density at radius 1 is 0.796 bits per heavy atom. The van der Waals surface area contributed by atoms with Crippen molar-refractivity contribution < 1.29 is 0 Å². The second-order valence-corrected chi connectivity index (χ2v) is 16.6. The van der Waals surface area contributed by atoms with Crippen molar-refractivity contribution in [3.05, 3.63) is 167 Å². The molecule has 3 heteroatoms. The molecule has 0 aliphatic heterocycles. The van der Waals surface area contributed by atoms with Gasteiger partial charge >= 0.3 is 0 Å². The molecule has 0 spiro atoms. The molecule has 0 amide bonds. The van der Waals surface area contributed by atoms with Crippen molar-refractivity contribution in [2.75, 3.05) is 0 Å². The number of hydrogen-bond donors (Lipinski definition) is 0. The van der Waals surface area contributed by atoms with Gasteiger partial charge in [-0.2, -0.15) is 0 Å². The highest BCUT2D eigenvalue weighted by atomic mass is 32.1. The van der Waals surface area contributed by atoms with Gasteiger partial charge in [0.2, 0.25) is 0 Å². The molecular formula is C51H44N2S. The maximum atomic E-state index is 5.45. The van der Waals surface area contributed by atoms with Crippen molar-refractivity contribution in [1.29, 1.82) is 0 Å². The molecule has 0 N–H and O–H groups in total. The lowest BCUT2D eigenvalue weighted by molar-refractivity contribution is 0.541. The smallest absolute Gasteiger partial charge is 0.0649 e. The van der Waals surface area contributed by atoms with E-state index < -0.39 is 0 Å². The SMILES string of the molecule is C/C(=C\C(=NC(C)C1C=CC(n2c3ccc4ccccc4c3c3c4sc5c(c4c4ccccc4c32)CC(C)C=C5)=CC1)c1ccccc1)C1C=CC=CC1. The van der Waals surface area contributed by atoms with E-state index in [1.54, 1.807) is 0 Å². The van der Waals surface area contributed by atoms with Crippen molar-refractivity contribution >= 4 is 82.3 Å². The minimum absolute atomic E-state index is 0.121. The highest BCUT2D eigenvalue weighted by Gasteiger charge is 2.27. The van der Waals surface area contributed by atoms with E-state index >= 15 is 0 Å². The molecule has 264 valence electrons. The van der Waals surface area contributed by atoms with E-state index in [2.05, 4.69) is 177 Å². The fourth-order valence-corrected chi connectivity index (χ4v) is 10.5. The Kier molecular flexibility index (Phi) is 8.22. The lowest BCUT2D eigenvalue weighted by Crippen LogP contribution is -2.17. The molecule has 4 unspecified atom stereocenters. The van der Waals surface area contributed by atoms with Gasteiger partial charge in [0, 0.05) is 48.7 Å². The van der Waals surface area contributed by atoms with Crippen LogP contribution in [-0.4, -0.2) is 16.3 Å². The van der Waals surface area contributed by atoms with Crippen LogP contribution in [0.4, 0.5) is 0 Å². The summed E-state index contributed by atoms with van der Waals surface area (Å²) in [7, 11) is 0. The third kappa shape index (κ3) is 5.48. The number of benzene rings is 5. The van der Waals surface area contributed by atoms with E-state index in [1.807, 2.05) is 11.3 Å². The van der Waals surface area contributed by atoms with E-state index in [-0.39, 0.29) is 6.04 Å². The van der Waals surface area contributed by atoms with E-state index in [4.69, 9.17) is 4.99 Å². The van der Waals surface area contributed by atoms with Crippen LogP contribution in [0.5, 0.6) is 0 Å². The average Bonchev–Trinajstić information content (AvgIpc) is 3.78. The minimum Gasteiger partial charge on any atom is -0.309 e. The molecule has 0 fully saturated rings. The summed E-state index contributed by atoms with van der Waals surface area (Å²) in [5.74, 6) is 1.26. The summed E-state index contributed by atoms with van der Waals surface area (Å²) in [5, 5.41) is 9.51. The number of hydrogen-bond acceptors (Lipinski definition) is 2. The van der Waals surface area contributed by atoms with Crippen LogP contribution in [-0.2, 0) is 6.42 Å². The molecule has 10 rings (SSSR count). The van der Waals surface area contributed by atoms with Crippen LogP contribution in [0, 0.1) is 17.8 Å². The van der Waals surface area contributed by atoms with Gasteiger partial charge in [-0.1, -0.05) is 140 Å². The first kappa shape index (κ1) is 33.1. The van der Waals surface area contributed by atoms with Crippen molar-refractivity contribution in [2.45, 2.75) is 46.1 Å². The topological polar surface area (TPSA) is 17.3 Å². The molecule has 4 atom stereocenters. The first-order chi connectivity index (χ1) is 26.5. The van der Waals surface area contributed by atoms with Gasteiger partial charge in [-0.15, -0.1) is 11.3 Å². The van der Waals surface area contributed by atoms with Gasteiger partial charge in [-0.3, -0.25) is 4.99 Å². The lowest BCUT2D eigenvalue weighted by atomic mass is 9.90. The molecule has 3 aliphatic carbocycles. The highest BCUT2D eigenvalue weighted by Crippen LogP contribution is 2.50. The van der Waals surface area contributed by atoms with Gasteiger partial charge in [-0.05, 0) is 90.6 Å². The number of thiophene rings is 1. The first-order valence-corrected chi connectivity index (χ1v) is 20.4. The quantitative estimate of drug-likeness (QED) is 0.153. The van der Waals surface area contributed by atoms with Crippen LogP contribution in [0.3, 0.4) is 0 Å². The second kappa shape index (κ2) is 13.4. The number of allylic oxidation sites excluding steroid dienone is 10. The zero-order valence-corrected chi connectivity index (χ0v) is 32.0. The van der Waals surface area contributed by atoms with Crippen molar-refractivity contribution in [1.82, 2.24) is 4.57 Å². The summed E-state index contributed by atoms with van der Waals surface area (Å²) in [4.78, 5) is 6.87. The fourth-order valence-electron chi connectivity index (χ4n) is 9.14. The van der Waals surface area contributed by atoms with Crippen molar-refractivity contribution in [2.24, 2.45) is 22.7 Å². The van der Waals surface area contributed by atoms with Gasteiger partial charge in [0.05, 0.1) is 22.8 Å². The van der Waals surface area contributed by atoms with Crippen LogP contribution in [0.1, 0.15) is 49.6 Å². The average molecular weight is 717 g/mol. The lowest BCUT2D eigenvalue weighted by Gasteiger charge is -2.23. The highest BCUT2D eigenvalue weighted by molar-refractivity contribution is 7.21. The molecule has 54 heavy (non-hydrogen) atoms. The monoisotopic (exact) mass is 716 g/mol. The number of fused-ring (bicyclic) bond motifs is 12. The van der Waals surface area contributed by atoms with Crippen LogP contribution in [0.25, 0.3) is 65.2 Å². The molecule has 0 saturated carbocycles. The molecule has 7 aromatic rings. The standard InChI is InChI=1S/C51H44N2S/c1-32-22-29-46-43(30-32)47-41-20-12-13-21-42(41)50-49(51(47)54-46)48-40-19-11-10-16-37(40)25-28-45(48)53(50)39-26-23-36(24-27-39)34(3)52-44(38-17-8-5-9-18-38)31-33(2)35-14-6-4-7-15-35/h4-14,16-23,25-29,31-32,34-36H,15,24,30H2,1-3H3/b33-31+,52-44?. The van der Waals surface area contributed by atoms with Crippen LogP contribution in [0.15, 0.2) is 156 Å². The normalized spacial score (nSPS) is 20.8. The Bertz CT molecular complexity index is 2850. The van der Waals surface area contributed by atoms with Crippen molar-refractivity contribution in [3.8, 4) is 0 Å². The van der Waals surface area contributed by atoms with Gasteiger partial charge in [-0.25, -0.2) is 0 Å². The summed E-state index contributed by atoms with van der Waals surface area (Å²) in [6.07, 6.45) is 26.3. The summed E-state index contributed by atoms with van der Waals surface area (Å²) in [6.45, 7) is 6.88. The zero-order chi connectivity index (χ0) is 36.3. The predicted octanol–water partition coefficient (Wildman–Crippen LogP) is 13.9. The number of rotatable bonds is 6. The Morgan fingerprint density at radius 3 is 2.39 bits per heavy atom. The Hall–Kier alpha value is -5.51. The first-order valence-electron chi connectivity index (χ1n) is 19.6. The third-order valence-corrected chi connectivity index (χ3v) is 13.2. The Labute approximate surface area is 321 Å². The zero-order valence-electron chi connectivity index (χ0n) is 31.2. The fraction of sp³-hybridized carbons (Fsp3) is 0.196. The molecule has 0 bridgehead atoms. The molecule has 0 radical (unpaired) electrons. The molecule has 3 aliphatic rings. The van der Waals surface area contributed by atoms with Gasteiger partial charge in [0.1, 0.15) is 0 Å².